The van der Waals surface area contributed by atoms with E-state index in [1.54, 1.807) is 6.07 Å². The molecule has 7 heteroatoms. The molecule has 3 heterocycles. The quantitative estimate of drug-likeness (QED) is 0.445. The average Bonchev–Trinajstić information content (AvgIpc) is 3.48. The van der Waals surface area contributed by atoms with Crippen molar-refractivity contribution < 1.29 is 9.32 Å². The number of H-pyrrole nitrogens is 1. The molecule has 3 aromatic heterocycles. The predicted octanol–water partition coefficient (Wildman–Crippen LogP) is 5.20. The monoisotopic (exact) mass is 386 g/mol. The van der Waals surface area contributed by atoms with E-state index in [4.69, 9.17) is 4.52 Å². The van der Waals surface area contributed by atoms with Crippen LogP contribution in [0, 0.1) is 0 Å². The maximum absolute atomic E-state index is 12.7. The van der Waals surface area contributed by atoms with Crippen LogP contribution < -0.4 is 5.32 Å². The zero-order chi connectivity index (χ0) is 18.9. The number of rotatable bonds is 4. The Morgan fingerprint density at radius 1 is 1.07 bits per heavy atom. The van der Waals surface area contributed by atoms with Crippen molar-refractivity contribution in [3.63, 3.8) is 0 Å². The minimum Gasteiger partial charge on any atom is -0.361 e. The Kier molecular flexibility index (Phi) is 3.99. The Hall–Kier alpha value is -3.71. The fourth-order valence-electron chi connectivity index (χ4n) is 2.98. The first-order valence-electron chi connectivity index (χ1n) is 8.63. The first-order chi connectivity index (χ1) is 13.8. The van der Waals surface area contributed by atoms with Crippen molar-refractivity contribution in [1.82, 2.24) is 15.1 Å². The number of thiophene rings is 1. The fraction of sp³-hybridized carbons (Fsp3) is 0. The summed E-state index contributed by atoms with van der Waals surface area (Å²) in [4.78, 5) is 21.0. The molecule has 0 saturated heterocycles. The van der Waals surface area contributed by atoms with Crippen molar-refractivity contribution in [2.45, 2.75) is 0 Å². The third-order valence-electron chi connectivity index (χ3n) is 4.38. The van der Waals surface area contributed by atoms with Gasteiger partial charge in [-0.15, -0.1) is 11.3 Å². The zero-order valence-electron chi connectivity index (χ0n) is 14.5. The Morgan fingerprint density at radius 2 is 1.96 bits per heavy atom. The van der Waals surface area contributed by atoms with E-state index in [9.17, 15) is 4.79 Å². The predicted molar refractivity (Wildman–Crippen MR) is 109 cm³/mol. The molecule has 0 spiro atoms. The summed E-state index contributed by atoms with van der Waals surface area (Å²) in [6, 6.07) is 19.0. The van der Waals surface area contributed by atoms with Crippen molar-refractivity contribution in [2.75, 3.05) is 5.32 Å². The van der Waals surface area contributed by atoms with Gasteiger partial charge in [0.15, 0.2) is 0 Å². The number of aromatic nitrogens is 3. The second kappa shape index (κ2) is 6.79. The van der Waals surface area contributed by atoms with Gasteiger partial charge in [-0.1, -0.05) is 41.6 Å². The molecule has 5 aromatic rings. The average molecular weight is 386 g/mol. The van der Waals surface area contributed by atoms with Gasteiger partial charge in [0.1, 0.15) is 4.88 Å². The van der Waals surface area contributed by atoms with Crippen molar-refractivity contribution in [1.29, 1.82) is 0 Å². The minimum absolute atomic E-state index is 0.195. The molecular weight excluding hydrogens is 372 g/mol. The SMILES string of the molecule is O=C(Nc1ccsc1-c1nc(-c2ccccc2)no1)c1ccc2cc[nH]c2c1. The van der Waals surface area contributed by atoms with Gasteiger partial charge in [0.2, 0.25) is 5.82 Å². The van der Waals surface area contributed by atoms with Gasteiger partial charge in [-0.3, -0.25) is 4.79 Å². The van der Waals surface area contributed by atoms with E-state index in [0.29, 0.717) is 23.0 Å². The lowest BCUT2D eigenvalue weighted by atomic mass is 10.1. The molecule has 0 radical (unpaired) electrons. The van der Waals surface area contributed by atoms with Crippen LogP contribution in [-0.4, -0.2) is 21.0 Å². The number of fused-ring (bicyclic) bond motifs is 1. The lowest BCUT2D eigenvalue weighted by Gasteiger charge is -2.05. The van der Waals surface area contributed by atoms with Crippen molar-refractivity contribution in [3.05, 3.63) is 77.8 Å². The highest BCUT2D eigenvalue weighted by atomic mass is 32.1. The van der Waals surface area contributed by atoms with Crippen LogP contribution in [0.25, 0.3) is 33.1 Å². The minimum atomic E-state index is -0.195. The Labute approximate surface area is 163 Å². The van der Waals surface area contributed by atoms with E-state index in [1.807, 2.05) is 66.2 Å². The van der Waals surface area contributed by atoms with Gasteiger partial charge in [0.25, 0.3) is 11.8 Å². The molecule has 0 unspecified atom stereocenters. The molecule has 0 bridgehead atoms. The van der Waals surface area contributed by atoms with Gasteiger partial charge in [-0.05, 0) is 35.0 Å². The first kappa shape index (κ1) is 16.5. The number of aromatic amines is 1. The van der Waals surface area contributed by atoms with E-state index in [2.05, 4.69) is 20.4 Å². The summed E-state index contributed by atoms with van der Waals surface area (Å²) in [5.74, 6) is 0.696. The van der Waals surface area contributed by atoms with Gasteiger partial charge < -0.3 is 14.8 Å². The number of amides is 1. The Balaban J connectivity index is 1.42. The van der Waals surface area contributed by atoms with Crippen LogP contribution in [0.1, 0.15) is 10.4 Å². The number of carbonyl (C=O) groups is 1. The second-order valence-electron chi connectivity index (χ2n) is 6.19. The summed E-state index contributed by atoms with van der Waals surface area (Å²) in [5.41, 5.74) is 3.01. The smallest absolute Gasteiger partial charge is 0.270 e. The molecular formula is C21H14N4O2S. The third kappa shape index (κ3) is 2.97. The summed E-state index contributed by atoms with van der Waals surface area (Å²) in [6.45, 7) is 0. The molecule has 0 fully saturated rings. The van der Waals surface area contributed by atoms with Gasteiger partial charge in [-0.25, -0.2) is 0 Å². The highest BCUT2D eigenvalue weighted by molar-refractivity contribution is 7.14. The molecule has 136 valence electrons. The molecule has 1 amide bonds. The number of nitrogens with zero attached hydrogens (tertiary/aromatic N) is 2. The fourth-order valence-corrected chi connectivity index (χ4v) is 3.75. The first-order valence-corrected chi connectivity index (χ1v) is 9.51. The molecule has 6 nitrogen and oxygen atoms in total. The molecule has 5 rings (SSSR count). The van der Waals surface area contributed by atoms with Crippen LogP contribution in [-0.2, 0) is 0 Å². The summed E-state index contributed by atoms with van der Waals surface area (Å²) in [5, 5.41) is 9.94. The lowest BCUT2D eigenvalue weighted by Crippen LogP contribution is -2.11. The largest absolute Gasteiger partial charge is 0.361 e. The van der Waals surface area contributed by atoms with Gasteiger partial charge in [0.05, 0.1) is 5.69 Å². The molecule has 0 atom stereocenters. The van der Waals surface area contributed by atoms with Crippen LogP contribution in [0.3, 0.4) is 0 Å². The van der Waals surface area contributed by atoms with Gasteiger partial charge >= 0.3 is 0 Å². The van der Waals surface area contributed by atoms with E-state index < -0.39 is 0 Å². The summed E-state index contributed by atoms with van der Waals surface area (Å²) < 4.78 is 5.43. The number of hydrogen-bond acceptors (Lipinski definition) is 5. The molecule has 0 aliphatic rings. The second-order valence-corrected chi connectivity index (χ2v) is 7.10. The normalized spacial score (nSPS) is 11.0. The summed E-state index contributed by atoms with van der Waals surface area (Å²) in [7, 11) is 0. The van der Waals surface area contributed by atoms with E-state index in [1.165, 1.54) is 11.3 Å². The van der Waals surface area contributed by atoms with Crippen LogP contribution in [0.5, 0.6) is 0 Å². The maximum Gasteiger partial charge on any atom is 0.270 e. The third-order valence-corrected chi connectivity index (χ3v) is 5.29. The molecule has 2 N–H and O–H groups in total. The van der Waals surface area contributed by atoms with E-state index in [-0.39, 0.29) is 5.91 Å². The number of hydrogen-bond donors (Lipinski definition) is 2. The van der Waals surface area contributed by atoms with Crippen LogP contribution >= 0.6 is 11.3 Å². The zero-order valence-corrected chi connectivity index (χ0v) is 15.4. The molecule has 0 saturated carbocycles. The highest BCUT2D eigenvalue weighted by Gasteiger charge is 2.18. The topological polar surface area (TPSA) is 83.8 Å². The van der Waals surface area contributed by atoms with Crippen molar-refractivity contribution >= 4 is 33.8 Å². The number of benzene rings is 2. The number of nitrogens with one attached hydrogen (secondary N) is 2. The van der Waals surface area contributed by atoms with E-state index in [0.717, 1.165) is 21.3 Å². The van der Waals surface area contributed by atoms with Gasteiger partial charge in [-0.2, -0.15) is 4.98 Å². The van der Waals surface area contributed by atoms with Crippen LogP contribution in [0.2, 0.25) is 0 Å². The maximum atomic E-state index is 12.7. The van der Waals surface area contributed by atoms with Gasteiger partial charge in [0, 0.05) is 22.8 Å². The molecule has 28 heavy (non-hydrogen) atoms. The summed E-state index contributed by atoms with van der Waals surface area (Å²) >= 11 is 1.44. The van der Waals surface area contributed by atoms with Crippen LogP contribution in [0.4, 0.5) is 5.69 Å². The number of anilines is 1. The standard InChI is InChI=1S/C21H14N4O2S/c26-20(15-7-6-13-8-10-22-17(13)12-15)23-16-9-11-28-18(16)21-24-19(25-27-21)14-4-2-1-3-5-14/h1-12,22H,(H,23,26). The Morgan fingerprint density at radius 3 is 2.86 bits per heavy atom. The van der Waals surface area contributed by atoms with E-state index >= 15 is 0 Å². The molecule has 0 aliphatic carbocycles. The van der Waals surface area contributed by atoms with Crippen molar-refractivity contribution in [3.8, 4) is 22.2 Å². The molecule has 2 aromatic carbocycles. The number of carbonyl (C=O) groups excluding carboxylic acids is 1. The Bertz CT molecular complexity index is 1270. The summed E-state index contributed by atoms with van der Waals surface area (Å²) in [6.07, 6.45) is 1.85. The molecule has 0 aliphatic heterocycles. The highest BCUT2D eigenvalue weighted by Crippen LogP contribution is 2.34. The van der Waals surface area contributed by atoms with Crippen molar-refractivity contribution in [2.24, 2.45) is 0 Å². The van der Waals surface area contributed by atoms with Crippen LogP contribution in [0.15, 0.2) is 76.8 Å². The lowest BCUT2D eigenvalue weighted by molar-refractivity contribution is 0.102.